The lowest BCUT2D eigenvalue weighted by Gasteiger charge is -2.36. The smallest absolute Gasteiger partial charge is 0.158 e. The molecule has 0 heterocycles. The van der Waals surface area contributed by atoms with Gasteiger partial charge in [-0.3, -0.25) is 17.2 Å². The SMILES string of the molecule is C=C=C(N)C(N)(N)C(N)(N)N. The molecule has 6 nitrogen and oxygen atoms in total. The van der Waals surface area contributed by atoms with E-state index in [1.807, 2.05) is 0 Å². The fraction of sp³-hybridized carbons (Fsp3) is 0.400. The van der Waals surface area contributed by atoms with Gasteiger partial charge in [0, 0.05) is 0 Å². The molecule has 0 rings (SSSR count). The lowest BCUT2D eigenvalue weighted by Crippen LogP contribution is -2.82. The zero-order valence-electron chi connectivity index (χ0n) is 6.17. The Morgan fingerprint density at radius 3 is 1.55 bits per heavy atom. The molecule has 0 spiro atoms. The fourth-order valence-electron chi connectivity index (χ4n) is 0.380. The van der Waals surface area contributed by atoms with Crippen molar-refractivity contribution in [3.8, 4) is 0 Å². The first-order valence-corrected chi connectivity index (χ1v) is 2.84. The lowest BCUT2D eigenvalue weighted by molar-refractivity contribution is 0.277. The van der Waals surface area contributed by atoms with Crippen LogP contribution in [0.3, 0.4) is 0 Å². The van der Waals surface area contributed by atoms with E-state index < -0.39 is 11.4 Å². The molecular formula is C5H14N6. The molecule has 0 saturated heterocycles. The molecule has 0 aliphatic heterocycles. The number of hydrogen-bond donors (Lipinski definition) is 6. The fourth-order valence-corrected chi connectivity index (χ4v) is 0.380. The predicted octanol–water partition coefficient (Wildman–Crippen LogP) is -3.24. The molecule has 0 aromatic heterocycles. The molecule has 0 aromatic carbocycles. The van der Waals surface area contributed by atoms with Gasteiger partial charge in [0.15, 0.2) is 11.4 Å². The molecule has 6 heteroatoms. The summed E-state index contributed by atoms with van der Waals surface area (Å²) in [6, 6.07) is 0. The molecular weight excluding hydrogens is 144 g/mol. The second kappa shape index (κ2) is 2.63. The first kappa shape index (κ1) is 10.1. The van der Waals surface area contributed by atoms with Gasteiger partial charge >= 0.3 is 0 Å². The Labute approximate surface area is 64.9 Å². The van der Waals surface area contributed by atoms with Crippen molar-refractivity contribution >= 4 is 0 Å². The van der Waals surface area contributed by atoms with Gasteiger partial charge in [-0.2, -0.15) is 0 Å². The molecule has 12 N–H and O–H groups in total. The molecule has 0 atom stereocenters. The van der Waals surface area contributed by atoms with Crippen LogP contribution < -0.4 is 34.4 Å². The highest BCUT2D eigenvalue weighted by Gasteiger charge is 2.39. The summed E-state index contributed by atoms with van der Waals surface area (Å²) in [4.78, 5) is 0. The van der Waals surface area contributed by atoms with Crippen LogP contribution in [0, 0.1) is 0 Å². The molecule has 0 saturated carbocycles. The highest BCUT2D eigenvalue weighted by molar-refractivity contribution is 5.18. The molecule has 0 amide bonds. The monoisotopic (exact) mass is 158 g/mol. The first-order chi connectivity index (χ1) is 4.73. The third kappa shape index (κ3) is 1.78. The zero-order valence-corrected chi connectivity index (χ0v) is 6.17. The minimum atomic E-state index is -1.79. The summed E-state index contributed by atoms with van der Waals surface area (Å²) in [5.74, 6) is -1.79. The number of nitrogens with two attached hydrogens (primary N) is 6. The summed E-state index contributed by atoms with van der Waals surface area (Å²) in [6.45, 7) is 3.23. The topological polar surface area (TPSA) is 156 Å². The summed E-state index contributed by atoms with van der Waals surface area (Å²) >= 11 is 0. The lowest BCUT2D eigenvalue weighted by atomic mass is 10.0. The first-order valence-electron chi connectivity index (χ1n) is 2.84. The van der Waals surface area contributed by atoms with E-state index in [9.17, 15) is 0 Å². The minimum Gasteiger partial charge on any atom is -0.393 e. The van der Waals surface area contributed by atoms with E-state index >= 15 is 0 Å². The quantitative estimate of drug-likeness (QED) is 0.183. The maximum atomic E-state index is 5.39. The molecule has 0 aliphatic rings. The maximum absolute atomic E-state index is 5.39. The second-order valence-electron chi connectivity index (χ2n) is 2.39. The van der Waals surface area contributed by atoms with Crippen molar-refractivity contribution in [3.63, 3.8) is 0 Å². The van der Waals surface area contributed by atoms with Crippen molar-refractivity contribution in [2.75, 3.05) is 0 Å². The van der Waals surface area contributed by atoms with Crippen LogP contribution in [0.15, 0.2) is 18.0 Å². The van der Waals surface area contributed by atoms with Gasteiger partial charge in [-0.05, 0) is 0 Å². The second-order valence-corrected chi connectivity index (χ2v) is 2.39. The van der Waals surface area contributed by atoms with Gasteiger partial charge in [-0.1, -0.05) is 6.58 Å². The van der Waals surface area contributed by atoms with E-state index in [-0.39, 0.29) is 5.70 Å². The molecule has 0 aliphatic carbocycles. The molecule has 0 bridgehead atoms. The molecule has 11 heavy (non-hydrogen) atoms. The third-order valence-corrected chi connectivity index (χ3v) is 1.35. The van der Waals surface area contributed by atoms with E-state index in [4.69, 9.17) is 34.4 Å². The minimum absolute atomic E-state index is 0.0787. The molecule has 0 aromatic rings. The largest absolute Gasteiger partial charge is 0.393 e. The van der Waals surface area contributed by atoms with E-state index in [2.05, 4.69) is 12.3 Å². The molecule has 64 valence electrons. The third-order valence-electron chi connectivity index (χ3n) is 1.35. The van der Waals surface area contributed by atoms with Gasteiger partial charge in [-0.25, -0.2) is 0 Å². The van der Waals surface area contributed by atoms with Gasteiger partial charge in [0.1, 0.15) is 0 Å². The summed E-state index contributed by atoms with van der Waals surface area (Å²) in [5, 5.41) is 0. The highest BCUT2D eigenvalue weighted by atomic mass is 15.3. The van der Waals surface area contributed by atoms with E-state index in [0.717, 1.165) is 0 Å². The van der Waals surface area contributed by atoms with Crippen LogP contribution in [0.1, 0.15) is 0 Å². The van der Waals surface area contributed by atoms with Gasteiger partial charge in [-0.15, -0.1) is 5.73 Å². The average molecular weight is 158 g/mol. The van der Waals surface area contributed by atoms with Crippen LogP contribution in [0.2, 0.25) is 0 Å². The summed E-state index contributed by atoms with van der Waals surface area (Å²) in [7, 11) is 0. The Morgan fingerprint density at radius 2 is 1.45 bits per heavy atom. The molecule has 0 unspecified atom stereocenters. The Hall–Kier alpha value is -0.880. The summed E-state index contributed by atoms with van der Waals surface area (Å²) in [5.41, 5.74) is 32.2. The number of rotatable bonds is 2. The van der Waals surface area contributed by atoms with Crippen molar-refractivity contribution in [1.29, 1.82) is 0 Å². The van der Waals surface area contributed by atoms with Gasteiger partial charge in [0.2, 0.25) is 0 Å². The Balaban J connectivity index is 4.89. The average Bonchev–Trinajstić information content (AvgIpc) is 1.83. The molecule has 0 fully saturated rings. The van der Waals surface area contributed by atoms with Crippen molar-refractivity contribution in [1.82, 2.24) is 0 Å². The Kier molecular flexibility index (Phi) is 2.42. The standard InChI is InChI=1S/C5H14N6/c1-2-3(6)4(7,8)5(9,10)11/h1,6-11H2. The normalized spacial score (nSPS) is 12.5. The molecule has 0 radical (unpaired) electrons. The van der Waals surface area contributed by atoms with Crippen LogP contribution in [-0.2, 0) is 0 Å². The predicted molar refractivity (Wildman–Crippen MR) is 43.2 cm³/mol. The Morgan fingerprint density at radius 1 is 1.09 bits per heavy atom. The van der Waals surface area contributed by atoms with Gasteiger partial charge in [0.25, 0.3) is 0 Å². The Bertz CT molecular complexity index is 194. The van der Waals surface area contributed by atoms with Crippen molar-refractivity contribution in [2.45, 2.75) is 11.4 Å². The van der Waals surface area contributed by atoms with E-state index in [1.54, 1.807) is 0 Å². The van der Waals surface area contributed by atoms with Crippen molar-refractivity contribution < 1.29 is 0 Å². The van der Waals surface area contributed by atoms with Crippen LogP contribution in [0.25, 0.3) is 0 Å². The van der Waals surface area contributed by atoms with Crippen LogP contribution in [-0.4, -0.2) is 11.4 Å². The van der Waals surface area contributed by atoms with Crippen LogP contribution >= 0.6 is 0 Å². The van der Waals surface area contributed by atoms with Crippen LogP contribution in [0.5, 0.6) is 0 Å². The van der Waals surface area contributed by atoms with Crippen LogP contribution in [0.4, 0.5) is 0 Å². The summed E-state index contributed by atoms with van der Waals surface area (Å²) < 4.78 is 0. The van der Waals surface area contributed by atoms with E-state index in [1.165, 1.54) is 0 Å². The summed E-state index contributed by atoms with van der Waals surface area (Å²) in [6.07, 6.45) is 0. The van der Waals surface area contributed by atoms with E-state index in [0.29, 0.717) is 0 Å². The maximum Gasteiger partial charge on any atom is 0.158 e. The highest BCUT2D eigenvalue weighted by Crippen LogP contribution is 2.04. The van der Waals surface area contributed by atoms with Gasteiger partial charge < -0.3 is 17.2 Å². The number of hydrogen-bond acceptors (Lipinski definition) is 6. The van der Waals surface area contributed by atoms with Crippen molar-refractivity contribution in [3.05, 3.63) is 18.0 Å². The van der Waals surface area contributed by atoms with Crippen molar-refractivity contribution in [2.24, 2.45) is 34.4 Å². The van der Waals surface area contributed by atoms with Gasteiger partial charge in [0.05, 0.1) is 5.70 Å². The zero-order chi connectivity index (χ0) is 9.28.